The van der Waals surface area contributed by atoms with Crippen molar-refractivity contribution in [1.82, 2.24) is 4.90 Å². The summed E-state index contributed by atoms with van der Waals surface area (Å²) in [4.78, 5) is 31.1. The summed E-state index contributed by atoms with van der Waals surface area (Å²) < 4.78 is 5.94. The lowest BCUT2D eigenvalue weighted by Crippen LogP contribution is -2.48. The van der Waals surface area contributed by atoms with Crippen LogP contribution in [0.4, 0.5) is 11.4 Å². The second-order valence-electron chi connectivity index (χ2n) is 7.76. The molecule has 33 heavy (non-hydrogen) atoms. The molecule has 0 saturated carbocycles. The van der Waals surface area contributed by atoms with Crippen molar-refractivity contribution in [1.29, 1.82) is 0 Å². The first kappa shape index (κ1) is 21.0. The number of thiophene rings is 1. The Morgan fingerprint density at radius 2 is 1.67 bits per heavy atom. The molecule has 1 aliphatic rings. The molecule has 1 saturated heterocycles. The highest BCUT2D eigenvalue weighted by Gasteiger charge is 2.28. The molecule has 6 nitrogen and oxygen atoms in total. The highest BCUT2D eigenvalue weighted by atomic mass is 32.1. The fraction of sp³-hybridized carbons (Fsp3) is 0.154. The molecule has 1 aliphatic heterocycles. The van der Waals surface area contributed by atoms with Gasteiger partial charge in [0.15, 0.2) is 0 Å². The van der Waals surface area contributed by atoms with E-state index in [4.69, 9.17) is 4.42 Å². The molecule has 2 amide bonds. The zero-order valence-electron chi connectivity index (χ0n) is 17.9. The second kappa shape index (κ2) is 9.34. The summed E-state index contributed by atoms with van der Waals surface area (Å²) in [5.74, 6) is -0.350. The van der Waals surface area contributed by atoms with Crippen LogP contribution >= 0.6 is 11.3 Å². The molecule has 1 fully saturated rings. The van der Waals surface area contributed by atoms with Gasteiger partial charge in [0.2, 0.25) is 11.7 Å². The van der Waals surface area contributed by atoms with E-state index in [2.05, 4.69) is 22.3 Å². The molecule has 1 N–H and O–H groups in total. The first-order valence-electron chi connectivity index (χ1n) is 10.8. The highest BCUT2D eigenvalue weighted by molar-refractivity contribution is 7.10. The minimum absolute atomic E-state index is 0.169. The molecule has 0 unspecified atom stereocenters. The van der Waals surface area contributed by atoms with Crippen LogP contribution in [0.3, 0.4) is 0 Å². The number of nitrogens with zero attached hydrogens (tertiary/aromatic N) is 2. The molecule has 2 aromatic carbocycles. The maximum absolute atomic E-state index is 13.4. The van der Waals surface area contributed by atoms with Crippen LogP contribution in [0.25, 0.3) is 17.0 Å². The zero-order valence-corrected chi connectivity index (χ0v) is 18.8. The van der Waals surface area contributed by atoms with Gasteiger partial charge in [-0.15, -0.1) is 11.3 Å². The van der Waals surface area contributed by atoms with Crippen LogP contribution in [0.1, 0.15) is 15.4 Å². The highest BCUT2D eigenvalue weighted by Crippen LogP contribution is 2.32. The van der Waals surface area contributed by atoms with Crippen molar-refractivity contribution in [2.24, 2.45) is 0 Å². The Morgan fingerprint density at radius 3 is 2.42 bits per heavy atom. The van der Waals surface area contributed by atoms with Gasteiger partial charge in [-0.25, -0.2) is 0 Å². The quantitative estimate of drug-likeness (QED) is 0.423. The van der Waals surface area contributed by atoms with Crippen molar-refractivity contribution in [3.8, 4) is 0 Å². The van der Waals surface area contributed by atoms with E-state index in [9.17, 15) is 9.59 Å². The number of carbonyl (C=O) groups is 2. The van der Waals surface area contributed by atoms with Crippen LogP contribution in [0.2, 0.25) is 0 Å². The number of hydrogen-bond donors (Lipinski definition) is 1. The molecule has 3 heterocycles. The third-order valence-electron chi connectivity index (χ3n) is 5.67. The number of piperazine rings is 1. The van der Waals surface area contributed by atoms with E-state index in [0.29, 0.717) is 29.7 Å². The molecule has 7 heteroatoms. The lowest BCUT2D eigenvalue weighted by atomic mass is 10.2. The number of furan rings is 1. The number of rotatable bonds is 5. The van der Waals surface area contributed by atoms with Gasteiger partial charge in [-0.3, -0.25) is 9.59 Å². The fourth-order valence-electron chi connectivity index (χ4n) is 3.98. The van der Waals surface area contributed by atoms with Gasteiger partial charge >= 0.3 is 0 Å². The predicted octanol–water partition coefficient (Wildman–Crippen LogP) is 5.11. The molecular weight excluding hydrogens is 434 g/mol. The van der Waals surface area contributed by atoms with E-state index in [1.54, 1.807) is 28.4 Å². The Kier molecular flexibility index (Phi) is 5.95. The number of para-hydroxylation sites is 2. The monoisotopic (exact) mass is 457 g/mol. The minimum atomic E-state index is -0.308. The normalized spacial score (nSPS) is 14.2. The number of anilines is 2. The van der Waals surface area contributed by atoms with Crippen molar-refractivity contribution >= 4 is 51.6 Å². The molecule has 0 aliphatic carbocycles. The van der Waals surface area contributed by atoms with E-state index < -0.39 is 0 Å². The van der Waals surface area contributed by atoms with Gasteiger partial charge in [0.25, 0.3) is 5.91 Å². The second-order valence-corrected chi connectivity index (χ2v) is 8.73. The maximum atomic E-state index is 13.4. The number of amides is 2. The SMILES string of the molecule is O=C(C=Cc1cccs1)Nc1c(C(=O)N2CCN(c3ccccc3)CC2)oc2ccccc12. The van der Waals surface area contributed by atoms with Crippen molar-refractivity contribution in [3.63, 3.8) is 0 Å². The Hall–Kier alpha value is -3.84. The Morgan fingerprint density at radius 1 is 0.909 bits per heavy atom. The minimum Gasteiger partial charge on any atom is -0.449 e. The van der Waals surface area contributed by atoms with E-state index >= 15 is 0 Å². The summed E-state index contributed by atoms with van der Waals surface area (Å²) in [5, 5.41) is 5.54. The third-order valence-corrected chi connectivity index (χ3v) is 6.51. The molecule has 0 bridgehead atoms. The molecular formula is C26H23N3O3S. The van der Waals surface area contributed by atoms with Crippen molar-refractivity contribution in [3.05, 3.63) is 88.8 Å². The lowest BCUT2D eigenvalue weighted by Gasteiger charge is -2.35. The molecule has 0 atom stereocenters. The molecule has 166 valence electrons. The predicted molar refractivity (Wildman–Crippen MR) is 133 cm³/mol. The van der Waals surface area contributed by atoms with Crippen LogP contribution in [0.5, 0.6) is 0 Å². The lowest BCUT2D eigenvalue weighted by molar-refractivity contribution is -0.111. The number of fused-ring (bicyclic) bond motifs is 1. The Balaban J connectivity index is 1.35. The zero-order chi connectivity index (χ0) is 22.6. The molecule has 0 radical (unpaired) electrons. The summed E-state index contributed by atoms with van der Waals surface area (Å²) >= 11 is 1.55. The molecule has 2 aromatic heterocycles. The first-order valence-corrected chi connectivity index (χ1v) is 11.7. The van der Waals surface area contributed by atoms with Crippen LogP contribution in [-0.2, 0) is 4.79 Å². The van der Waals surface area contributed by atoms with Gasteiger partial charge in [0, 0.05) is 48.2 Å². The average molecular weight is 458 g/mol. The molecule has 0 spiro atoms. The third kappa shape index (κ3) is 4.54. The van der Waals surface area contributed by atoms with Crippen LogP contribution < -0.4 is 10.2 Å². The number of hydrogen-bond acceptors (Lipinski definition) is 5. The van der Waals surface area contributed by atoms with E-state index in [1.807, 2.05) is 53.9 Å². The van der Waals surface area contributed by atoms with Gasteiger partial charge in [0.05, 0.1) is 0 Å². The fourth-order valence-corrected chi connectivity index (χ4v) is 4.60. The number of nitrogens with one attached hydrogen (secondary N) is 1. The first-order chi connectivity index (χ1) is 16.2. The molecule has 4 aromatic rings. The van der Waals surface area contributed by atoms with Gasteiger partial charge in [-0.1, -0.05) is 36.4 Å². The van der Waals surface area contributed by atoms with Crippen LogP contribution in [-0.4, -0.2) is 42.9 Å². The topological polar surface area (TPSA) is 65.8 Å². The summed E-state index contributed by atoms with van der Waals surface area (Å²) in [5.41, 5.74) is 2.14. The smallest absolute Gasteiger partial charge is 0.291 e. The number of carbonyl (C=O) groups excluding carboxylic acids is 2. The largest absolute Gasteiger partial charge is 0.449 e. The summed E-state index contributed by atoms with van der Waals surface area (Å²) in [7, 11) is 0. The van der Waals surface area contributed by atoms with Gasteiger partial charge in [0.1, 0.15) is 11.3 Å². The standard InChI is InChI=1S/C26H23N3O3S/c30-23(13-12-20-9-6-18-33-20)27-24-21-10-4-5-11-22(21)32-25(24)26(31)29-16-14-28(15-17-29)19-7-2-1-3-8-19/h1-13,18H,14-17H2,(H,27,30). The van der Waals surface area contributed by atoms with Gasteiger partial charge < -0.3 is 19.5 Å². The Bertz CT molecular complexity index is 1290. The summed E-state index contributed by atoms with van der Waals surface area (Å²) in [6.45, 7) is 2.63. The maximum Gasteiger partial charge on any atom is 0.291 e. The Labute approximate surface area is 195 Å². The summed E-state index contributed by atoms with van der Waals surface area (Å²) in [6.07, 6.45) is 3.23. The average Bonchev–Trinajstić information content (AvgIpc) is 3.51. The summed E-state index contributed by atoms with van der Waals surface area (Å²) in [6, 6.07) is 21.4. The van der Waals surface area contributed by atoms with Crippen molar-refractivity contribution in [2.45, 2.75) is 0 Å². The van der Waals surface area contributed by atoms with Crippen LogP contribution in [0, 0.1) is 0 Å². The van der Waals surface area contributed by atoms with Crippen LogP contribution in [0.15, 0.2) is 82.6 Å². The van der Waals surface area contributed by atoms with E-state index in [0.717, 1.165) is 23.7 Å². The molecule has 5 rings (SSSR count). The van der Waals surface area contributed by atoms with E-state index in [-0.39, 0.29) is 17.6 Å². The van der Waals surface area contributed by atoms with Gasteiger partial charge in [-0.05, 0) is 41.8 Å². The van der Waals surface area contributed by atoms with Crippen molar-refractivity contribution in [2.75, 3.05) is 36.4 Å². The van der Waals surface area contributed by atoms with Crippen molar-refractivity contribution < 1.29 is 14.0 Å². The van der Waals surface area contributed by atoms with E-state index in [1.165, 1.54) is 6.08 Å². The van der Waals surface area contributed by atoms with Gasteiger partial charge in [-0.2, -0.15) is 0 Å². The number of benzene rings is 2.